The minimum absolute atomic E-state index is 0.276. The van der Waals surface area contributed by atoms with Crippen LogP contribution in [0.25, 0.3) is 6.08 Å². The minimum atomic E-state index is -0.444. The molecule has 0 aromatic heterocycles. The van der Waals surface area contributed by atoms with Gasteiger partial charge in [0, 0.05) is 16.2 Å². The van der Waals surface area contributed by atoms with Crippen molar-refractivity contribution in [2.24, 2.45) is 0 Å². The first-order chi connectivity index (χ1) is 10.6. The Balaban J connectivity index is 2.04. The van der Waals surface area contributed by atoms with Gasteiger partial charge in [0.15, 0.2) is 0 Å². The first-order valence-electron chi connectivity index (χ1n) is 6.51. The van der Waals surface area contributed by atoms with Gasteiger partial charge in [-0.25, -0.2) is 4.79 Å². The molecule has 2 aromatic carbocycles. The number of ether oxygens (including phenoxy) is 1. The Hall–Kier alpha value is -2.40. The highest BCUT2D eigenvalue weighted by atomic mass is 79.9. The number of rotatable bonds is 4. The first kappa shape index (κ1) is 16.0. The maximum absolute atomic E-state index is 11.9. The summed E-state index contributed by atoms with van der Waals surface area (Å²) in [4.78, 5) is 23.3. The average molecular weight is 360 g/mol. The Morgan fingerprint density at radius 2 is 1.91 bits per heavy atom. The number of halogens is 1. The summed E-state index contributed by atoms with van der Waals surface area (Å²) in [6.45, 7) is 0. The van der Waals surface area contributed by atoms with Crippen molar-refractivity contribution in [3.8, 4) is 0 Å². The molecule has 0 spiro atoms. The zero-order chi connectivity index (χ0) is 15.9. The molecule has 0 atom stereocenters. The van der Waals surface area contributed by atoms with Crippen LogP contribution < -0.4 is 5.32 Å². The predicted octanol–water partition coefficient (Wildman–Crippen LogP) is 3.89. The van der Waals surface area contributed by atoms with E-state index in [0.29, 0.717) is 11.3 Å². The zero-order valence-electron chi connectivity index (χ0n) is 11.9. The molecule has 0 fully saturated rings. The molecule has 112 valence electrons. The summed E-state index contributed by atoms with van der Waals surface area (Å²) in [5.41, 5.74) is 1.83. The third kappa shape index (κ3) is 4.56. The average Bonchev–Trinajstić information content (AvgIpc) is 2.52. The number of methoxy groups -OCH3 is 1. The predicted molar refractivity (Wildman–Crippen MR) is 89.6 cm³/mol. The fourth-order valence-corrected chi connectivity index (χ4v) is 2.22. The van der Waals surface area contributed by atoms with Crippen molar-refractivity contribution in [1.82, 2.24) is 0 Å². The molecule has 0 radical (unpaired) electrons. The highest BCUT2D eigenvalue weighted by Crippen LogP contribution is 2.14. The van der Waals surface area contributed by atoms with Gasteiger partial charge in [0.05, 0.1) is 12.7 Å². The van der Waals surface area contributed by atoms with Gasteiger partial charge >= 0.3 is 5.97 Å². The summed E-state index contributed by atoms with van der Waals surface area (Å²) in [5, 5.41) is 2.70. The Labute approximate surface area is 136 Å². The molecule has 0 heterocycles. The lowest BCUT2D eigenvalue weighted by Gasteiger charge is -2.04. The van der Waals surface area contributed by atoms with Gasteiger partial charge in [-0.2, -0.15) is 0 Å². The van der Waals surface area contributed by atoms with E-state index < -0.39 is 5.97 Å². The largest absolute Gasteiger partial charge is 0.465 e. The van der Waals surface area contributed by atoms with E-state index in [1.54, 1.807) is 30.3 Å². The fourth-order valence-electron chi connectivity index (χ4n) is 1.81. The van der Waals surface area contributed by atoms with Gasteiger partial charge in [-0.15, -0.1) is 0 Å². The van der Waals surface area contributed by atoms with Crippen LogP contribution >= 0.6 is 15.9 Å². The van der Waals surface area contributed by atoms with Gasteiger partial charge in [0.2, 0.25) is 5.91 Å². The van der Waals surface area contributed by atoms with Gasteiger partial charge in [-0.1, -0.05) is 34.1 Å². The van der Waals surface area contributed by atoms with E-state index in [1.165, 1.54) is 13.2 Å². The van der Waals surface area contributed by atoms with Crippen LogP contribution in [-0.4, -0.2) is 19.0 Å². The molecule has 5 heteroatoms. The molecule has 0 saturated heterocycles. The topological polar surface area (TPSA) is 55.4 Å². The third-order valence-corrected chi connectivity index (χ3v) is 3.32. The Morgan fingerprint density at radius 1 is 1.14 bits per heavy atom. The van der Waals surface area contributed by atoms with Crippen molar-refractivity contribution in [3.63, 3.8) is 0 Å². The quantitative estimate of drug-likeness (QED) is 0.665. The second-order valence-corrected chi connectivity index (χ2v) is 5.37. The molecule has 0 saturated carbocycles. The fraction of sp³-hybridized carbons (Fsp3) is 0.0588. The highest BCUT2D eigenvalue weighted by molar-refractivity contribution is 9.10. The molecule has 0 aliphatic carbocycles. The second kappa shape index (κ2) is 7.56. The van der Waals surface area contributed by atoms with E-state index >= 15 is 0 Å². The van der Waals surface area contributed by atoms with Crippen LogP contribution in [0.15, 0.2) is 59.1 Å². The van der Waals surface area contributed by atoms with E-state index in [0.717, 1.165) is 10.0 Å². The zero-order valence-corrected chi connectivity index (χ0v) is 13.5. The maximum atomic E-state index is 11.9. The third-order valence-electron chi connectivity index (χ3n) is 2.83. The molecule has 2 aromatic rings. The van der Waals surface area contributed by atoms with Crippen LogP contribution in [-0.2, 0) is 9.53 Å². The normalized spacial score (nSPS) is 10.5. The van der Waals surface area contributed by atoms with Crippen LogP contribution in [0.4, 0.5) is 5.69 Å². The molecular weight excluding hydrogens is 346 g/mol. The number of hydrogen-bond acceptors (Lipinski definition) is 3. The van der Waals surface area contributed by atoms with Crippen LogP contribution in [0.2, 0.25) is 0 Å². The van der Waals surface area contributed by atoms with Crippen molar-refractivity contribution in [2.75, 3.05) is 12.4 Å². The second-order valence-electron chi connectivity index (χ2n) is 4.45. The van der Waals surface area contributed by atoms with Crippen molar-refractivity contribution >= 4 is 39.6 Å². The summed E-state index contributed by atoms with van der Waals surface area (Å²) in [7, 11) is 1.31. The Morgan fingerprint density at radius 3 is 2.64 bits per heavy atom. The molecule has 0 unspecified atom stereocenters. The van der Waals surface area contributed by atoms with Gasteiger partial charge in [-0.05, 0) is 42.0 Å². The number of anilines is 1. The number of esters is 1. The van der Waals surface area contributed by atoms with Crippen molar-refractivity contribution in [2.45, 2.75) is 0 Å². The van der Waals surface area contributed by atoms with E-state index in [2.05, 4.69) is 26.0 Å². The number of hydrogen-bond donors (Lipinski definition) is 1. The SMILES string of the molecule is COC(=O)c1cccc(NC(=O)/C=C/c2cccc(Br)c2)c1. The molecule has 22 heavy (non-hydrogen) atoms. The summed E-state index contributed by atoms with van der Waals surface area (Å²) in [6.07, 6.45) is 3.15. The maximum Gasteiger partial charge on any atom is 0.337 e. The molecule has 0 bridgehead atoms. The lowest BCUT2D eigenvalue weighted by molar-refractivity contribution is -0.111. The monoisotopic (exact) mass is 359 g/mol. The van der Waals surface area contributed by atoms with E-state index in [4.69, 9.17) is 0 Å². The minimum Gasteiger partial charge on any atom is -0.465 e. The molecule has 0 aliphatic heterocycles. The molecule has 2 rings (SSSR count). The van der Waals surface area contributed by atoms with Crippen LogP contribution in [0.3, 0.4) is 0 Å². The van der Waals surface area contributed by atoms with Crippen molar-refractivity contribution in [1.29, 1.82) is 0 Å². The number of benzene rings is 2. The number of carbonyl (C=O) groups is 2. The van der Waals surface area contributed by atoms with Crippen molar-refractivity contribution in [3.05, 3.63) is 70.2 Å². The molecule has 1 amide bonds. The van der Waals surface area contributed by atoms with Gasteiger partial charge in [0.25, 0.3) is 0 Å². The number of nitrogens with one attached hydrogen (secondary N) is 1. The van der Waals surface area contributed by atoms with Crippen LogP contribution in [0, 0.1) is 0 Å². The Bertz CT molecular complexity index is 725. The van der Waals surface area contributed by atoms with Crippen molar-refractivity contribution < 1.29 is 14.3 Å². The lowest BCUT2D eigenvalue weighted by Crippen LogP contribution is -2.09. The summed E-state index contributed by atoms with van der Waals surface area (Å²) >= 11 is 3.37. The van der Waals surface area contributed by atoms with Crippen LogP contribution in [0.1, 0.15) is 15.9 Å². The smallest absolute Gasteiger partial charge is 0.337 e. The Kier molecular flexibility index (Phi) is 5.49. The molecule has 0 aliphatic rings. The van der Waals surface area contributed by atoms with E-state index in [1.807, 2.05) is 24.3 Å². The summed E-state index contributed by atoms with van der Waals surface area (Å²) in [5.74, 6) is -0.720. The van der Waals surface area contributed by atoms with Gasteiger partial charge in [-0.3, -0.25) is 4.79 Å². The highest BCUT2D eigenvalue weighted by Gasteiger charge is 2.06. The van der Waals surface area contributed by atoms with Gasteiger partial charge < -0.3 is 10.1 Å². The van der Waals surface area contributed by atoms with Gasteiger partial charge in [0.1, 0.15) is 0 Å². The summed E-state index contributed by atoms with van der Waals surface area (Å²) in [6, 6.07) is 14.2. The van der Waals surface area contributed by atoms with E-state index in [9.17, 15) is 9.59 Å². The standard InChI is InChI=1S/C17H14BrNO3/c1-22-17(21)13-5-3-7-15(11-13)19-16(20)9-8-12-4-2-6-14(18)10-12/h2-11H,1H3,(H,19,20)/b9-8+. The van der Waals surface area contributed by atoms with Crippen LogP contribution in [0.5, 0.6) is 0 Å². The first-order valence-corrected chi connectivity index (χ1v) is 7.31. The number of amides is 1. The molecule has 4 nitrogen and oxygen atoms in total. The molecular formula is C17H14BrNO3. The summed E-state index contributed by atoms with van der Waals surface area (Å²) < 4.78 is 5.59. The molecule has 1 N–H and O–H groups in total. The number of carbonyl (C=O) groups excluding carboxylic acids is 2. The van der Waals surface area contributed by atoms with E-state index in [-0.39, 0.29) is 5.91 Å². The lowest BCUT2D eigenvalue weighted by atomic mass is 10.2.